The van der Waals surface area contributed by atoms with Crippen LogP contribution in [-0.4, -0.2) is 15.2 Å². The number of fused-ring (bicyclic) bond motifs is 1. The molecule has 1 heterocycles. The van der Waals surface area contributed by atoms with Crippen molar-refractivity contribution in [1.29, 1.82) is 0 Å². The minimum absolute atomic E-state index is 0.371. The molecule has 0 bridgehead atoms. The number of carbonyl (C=O) groups is 1. The summed E-state index contributed by atoms with van der Waals surface area (Å²) >= 11 is 5.31. The minimum Gasteiger partial charge on any atom is -0.397 e. The Kier molecular flexibility index (Phi) is 1.70. The van der Waals surface area contributed by atoms with Crippen LogP contribution in [0.25, 0.3) is 11.0 Å². The molecule has 2 aromatic rings. The Balaban J connectivity index is 2.77. The predicted molar refractivity (Wildman–Crippen MR) is 50.7 cm³/mol. The van der Waals surface area contributed by atoms with E-state index in [0.717, 1.165) is 0 Å². The van der Waals surface area contributed by atoms with Crippen molar-refractivity contribution in [2.24, 2.45) is 0 Å². The van der Waals surface area contributed by atoms with E-state index < -0.39 is 5.24 Å². The van der Waals surface area contributed by atoms with Gasteiger partial charge < -0.3 is 10.7 Å². The molecule has 3 N–H and O–H groups in total. The lowest BCUT2D eigenvalue weighted by Crippen LogP contribution is -1.93. The van der Waals surface area contributed by atoms with E-state index in [2.05, 4.69) is 9.97 Å². The van der Waals surface area contributed by atoms with Gasteiger partial charge in [0.1, 0.15) is 5.52 Å². The van der Waals surface area contributed by atoms with Gasteiger partial charge in [0.15, 0.2) is 0 Å². The Morgan fingerprint density at radius 3 is 3.00 bits per heavy atom. The quantitative estimate of drug-likeness (QED) is 0.535. The molecule has 0 spiro atoms. The fourth-order valence-corrected chi connectivity index (χ4v) is 1.30. The van der Waals surface area contributed by atoms with Gasteiger partial charge in [0.2, 0.25) is 0 Å². The van der Waals surface area contributed by atoms with Crippen molar-refractivity contribution >= 4 is 33.6 Å². The van der Waals surface area contributed by atoms with Gasteiger partial charge in [-0.15, -0.1) is 0 Å². The van der Waals surface area contributed by atoms with Gasteiger partial charge in [-0.25, -0.2) is 4.98 Å². The summed E-state index contributed by atoms with van der Waals surface area (Å²) in [5, 5.41) is -0.525. The van der Waals surface area contributed by atoms with E-state index in [0.29, 0.717) is 22.3 Å². The number of nitrogen functional groups attached to an aromatic ring is 1. The molecule has 0 aliphatic rings. The summed E-state index contributed by atoms with van der Waals surface area (Å²) in [7, 11) is 0. The van der Waals surface area contributed by atoms with Crippen LogP contribution in [0.15, 0.2) is 18.5 Å². The van der Waals surface area contributed by atoms with E-state index >= 15 is 0 Å². The van der Waals surface area contributed by atoms with Gasteiger partial charge in [-0.05, 0) is 23.7 Å². The Morgan fingerprint density at radius 2 is 2.31 bits per heavy atom. The van der Waals surface area contributed by atoms with Gasteiger partial charge in [-0.2, -0.15) is 0 Å². The predicted octanol–water partition coefficient (Wildman–Crippen LogP) is 1.52. The first-order chi connectivity index (χ1) is 6.18. The van der Waals surface area contributed by atoms with Crippen LogP contribution in [0.5, 0.6) is 0 Å². The van der Waals surface area contributed by atoms with Crippen LogP contribution in [0.2, 0.25) is 0 Å². The number of carbonyl (C=O) groups excluding carboxylic acids is 1. The number of anilines is 1. The number of aromatic nitrogens is 2. The summed E-state index contributed by atoms with van der Waals surface area (Å²) in [6, 6.07) is 3.13. The number of hydrogen-bond acceptors (Lipinski definition) is 3. The lowest BCUT2D eigenvalue weighted by Gasteiger charge is -1.97. The zero-order chi connectivity index (χ0) is 9.42. The Bertz CT molecular complexity index is 477. The van der Waals surface area contributed by atoms with Crippen molar-refractivity contribution in [1.82, 2.24) is 9.97 Å². The fraction of sp³-hybridized carbons (Fsp3) is 0. The van der Waals surface area contributed by atoms with Gasteiger partial charge in [0.05, 0.1) is 17.5 Å². The SMILES string of the molecule is Nc1cc(C(=O)Cl)cc2[nH]cnc12. The molecule has 0 fully saturated rings. The number of nitrogens with two attached hydrogens (primary N) is 1. The maximum absolute atomic E-state index is 10.8. The monoisotopic (exact) mass is 195 g/mol. The van der Waals surface area contributed by atoms with Crippen molar-refractivity contribution in [3.8, 4) is 0 Å². The molecule has 0 atom stereocenters. The number of imidazole rings is 1. The van der Waals surface area contributed by atoms with Crippen LogP contribution < -0.4 is 5.73 Å². The Hall–Kier alpha value is -1.55. The van der Waals surface area contributed by atoms with E-state index in [1.54, 1.807) is 6.07 Å². The van der Waals surface area contributed by atoms with Crippen molar-refractivity contribution in [3.63, 3.8) is 0 Å². The molecule has 5 heteroatoms. The summed E-state index contributed by atoms with van der Waals surface area (Å²) in [4.78, 5) is 17.7. The number of nitrogens with zero attached hydrogens (tertiary/aromatic N) is 1. The molecule has 66 valence electrons. The fourth-order valence-electron chi connectivity index (χ4n) is 1.19. The number of halogens is 1. The highest BCUT2D eigenvalue weighted by Gasteiger charge is 2.07. The maximum Gasteiger partial charge on any atom is 0.252 e. The highest BCUT2D eigenvalue weighted by molar-refractivity contribution is 6.67. The topological polar surface area (TPSA) is 71.8 Å². The summed E-state index contributed by atoms with van der Waals surface area (Å²) in [5.74, 6) is 0. The zero-order valence-electron chi connectivity index (χ0n) is 6.54. The van der Waals surface area contributed by atoms with Crippen molar-refractivity contribution in [3.05, 3.63) is 24.0 Å². The summed E-state index contributed by atoms with van der Waals surface area (Å²) in [6.07, 6.45) is 1.52. The summed E-state index contributed by atoms with van der Waals surface area (Å²) in [5.41, 5.74) is 7.83. The molecule has 0 unspecified atom stereocenters. The second kappa shape index (κ2) is 2.74. The third kappa shape index (κ3) is 1.25. The summed E-state index contributed by atoms with van der Waals surface area (Å²) < 4.78 is 0. The number of aromatic amines is 1. The van der Waals surface area contributed by atoms with Crippen LogP contribution >= 0.6 is 11.6 Å². The van der Waals surface area contributed by atoms with Gasteiger partial charge in [-0.3, -0.25) is 4.79 Å². The highest BCUT2D eigenvalue weighted by atomic mass is 35.5. The van der Waals surface area contributed by atoms with Crippen LogP contribution in [0.4, 0.5) is 5.69 Å². The molecule has 0 aliphatic carbocycles. The normalized spacial score (nSPS) is 10.5. The van der Waals surface area contributed by atoms with Crippen molar-refractivity contribution in [2.75, 3.05) is 5.73 Å². The molecule has 2 rings (SSSR count). The lowest BCUT2D eigenvalue weighted by molar-refractivity contribution is 0.108. The Morgan fingerprint density at radius 1 is 1.54 bits per heavy atom. The molecular formula is C8H6ClN3O. The third-order valence-corrected chi connectivity index (χ3v) is 2.00. The van der Waals surface area contributed by atoms with Crippen LogP contribution in [-0.2, 0) is 0 Å². The lowest BCUT2D eigenvalue weighted by atomic mass is 10.2. The molecule has 0 amide bonds. The van der Waals surface area contributed by atoms with Gasteiger partial charge in [0, 0.05) is 5.56 Å². The minimum atomic E-state index is -0.525. The molecule has 1 aromatic carbocycles. The standard InChI is InChI=1S/C8H6ClN3O/c9-8(13)4-1-5(10)7-6(2-4)11-3-12-7/h1-3H,10H2,(H,11,12). The first-order valence-electron chi connectivity index (χ1n) is 3.61. The first kappa shape index (κ1) is 8.07. The molecule has 0 radical (unpaired) electrons. The number of benzene rings is 1. The number of nitrogens with one attached hydrogen (secondary N) is 1. The van der Waals surface area contributed by atoms with Crippen LogP contribution in [0.1, 0.15) is 10.4 Å². The van der Waals surface area contributed by atoms with E-state index in [-0.39, 0.29) is 0 Å². The molecular weight excluding hydrogens is 190 g/mol. The zero-order valence-corrected chi connectivity index (χ0v) is 7.30. The number of hydrogen-bond donors (Lipinski definition) is 2. The van der Waals surface area contributed by atoms with E-state index in [4.69, 9.17) is 17.3 Å². The molecule has 0 saturated heterocycles. The highest BCUT2D eigenvalue weighted by Crippen LogP contribution is 2.20. The number of rotatable bonds is 1. The third-order valence-electron chi connectivity index (χ3n) is 1.78. The Labute approximate surface area is 78.7 Å². The van der Waals surface area contributed by atoms with Crippen LogP contribution in [0.3, 0.4) is 0 Å². The second-order valence-electron chi connectivity index (χ2n) is 2.64. The van der Waals surface area contributed by atoms with E-state index in [9.17, 15) is 4.79 Å². The molecule has 1 aromatic heterocycles. The van der Waals surface area contributed by atoms with Gasteiger partial charge in [0.25, 0.3) is 5.24 Å². The average Bonchev–Trinajstić information content (AvgIpc) is 2.51. The molecule has 0 aliphatic heterocycles. The average molecular weight is 196 g/mol. The smallest absolute Gasteiger partial charge is 0.252 e. The summed E-state index contributed by atoms with van der Waals surface area (Å²) in [6.45, 7) is 0. The van der Waals surface area contributed by atoms with Crippen LogP contribution in [0, 0.1) is 0 Å². The van der Waals surface area contributed by atoms with E-state index in [1.807, 2.05) is 0 Å². The second-order valence-corrected chi connectivity index (χ2v) is 2.98. The molecule has 4 nitrogen and oxygen atoms in total. The largest absolute Gasteiger partial charge is 0.397 e. The van der Waals surface area contributed by atoms with Gasteiger partial charge in [-0.1, -0.05) is 0 Å². The molecule has 0 saturated carbocycles. The van der Waals surface area contributed by atoms with E-state index in [1.165, 1.54) is 12.4 Å². The van der Waals surface area contributed by atoms with Crippen molar-refractivity contribution in [2.45, 2.75) is 0 Å². The number of H-pyrrole nitrogens is 1. The van der Waals surface area contributed by atoms with Crippen molar-refractivity contribution < 1.29 is 4.79 Å². The van der Waals surface area contributed by atoms with Gasteiger partial charge >= 0.3 is 0 Å². The first-order valence-corrected chi connectivity index (χ1v) is 3.98. The maximum atomic E-state index is 10.8. The molecule has 13 heavy (non-hydrogen) atoms.